The second-order valence-electron chi connectivity index (χ2n) is 8.69. The first kappa shape index (κ1) is 22.3. The Labute approximate surface area is 170 Å². The first-order chi connectivity index (χ1) is 12.9. The summed E-state index contributed by atoms with van der Waals surface area (Å²) >= 11 is 1.33. The molecule has 28 heavy (non-hydrogen) atoms. The predicted octanol–water partition coefficient (Wildman–Crippen LogP) is 5.16. The highest BCUT2D eigenvalue weighted by Gasteiger charge is 2.28. The summed E-state index contributed by atoms with van der Waals surface area (Å²) in [5.41, 5.74) is 2.07. The number of anilines is 1. The van der Waals surface area contributed by atoms with Gasteiger partial charge in [0.2, 0.25) is 0 Å². The highest BCUT2D eigenvalue weighted by Crippen LogP contribution is 2.39. The van der Waals surface area contributed by atoms with Crippen molar-refractivity contribution >= 4 is 22.4 Å². The SMILES string of the molecule is CCOOCc1csc(NC(=O)c2cc(C(C)(C)C)c(O)c(C(C)(C)C)c2)n1. The zero-order valence-electron chi connectivity index (χ0n) is 17.7. The number of amides is 1. The average molecular weight is 407 g/mol. The van der Waals surface area contributed by atoms with Gasteiger partial charge in [-0.15, -0.1) is 11.3 Å². The van der Waals surface area contributed by atoms with Crippen LogP contribution in [-0.4, -0.2) is 22.6 Å². The number of phenolic OH excluding ortho intramolecular Hbond substituents is 1. The van der Waals surface area contributed by atoms with Crippen molar-refractivity contribution in [3.05, 3.63) is 39.9 Å². The molecule has 0 unspecified atom stereocenters. The van der Waals surface area contributed by atoms with Gasteiger partial charge in [-0.3, -0.25) is 10.1 Å². The maximum absolute atomic E-state index is 12.9. The van der Waals surface area contributed by atoms with E-state index in [-0.39, 0.29) is 29.1 Å². The van der Waals surface area contributed by atoms with Crippen LogP contribution in [0.4, 0.5) is 5.13 Å². The first-order valence-electron chi connectivity index (χ1n) is 9.31. The number of phenols is 1. The van der Waals surface area contributed by atoms with Crippen LogP contribution in [0.15, 0.2) is 17.5 Å². The lowest BCUT2D eigenvalue weighted by Gasteiger charge is -2.28. The molecule has 1 aromatic heterocycles. The van der Waals surface area contributed by atoms with Crippen LogP contribution in [0, 0.1) is 0 Å². The largest absolute Gasteiger partial charge is 0.507 e. The molecule has 1 heterocycles. The normalized spacial score (nSPS) is 12.2. The van der Waals surface area contributed by atoms with E-state index in [2.05, 4.69) is 10.3 Å². The topological polar surface area (TPSA) is 80.7 Å². The molecule has 154 valence electrons. The van der Waals surface area contributed by atoms with E-state index in [0.29, 0.717) is 23.0 Å². The zero-order valence-corrected chi connectivity index (χ0v) is 18.5. The molecule has 6 nitrogen and oxygen atoms in total. The molecule has 0 fully saturated rings. The monoisotopic (exact) mass is 406 g/mol. The molecule has 2 N–H and O–H groups in total. The molecule has 0 radical (unpaired) electrons. The van der Waals surface area contributed by atoms with E-state index in [4.69, 9.17) is 9.78 Å². The Hall–Kier alpha value is -1.96. The van der Waals surface area contributed by atoms with Gasteiger partial charge in [-0.1, -0.05) is 41.5 Å². The lowest BCUT2D eigenvalue weighted by Crippen LogP contribution is -2.20. The van der Waals surface area contributed by atoms with Gasteiger partial charge in [-0.05, 0) is 29.9 Å². The number of rotatable bonds is 6. The third kappa shape index (κ3) is 5.53. The number of hydrogen-bond donors (Lipinski definition) is 2. The summed E-state index contributed by atoms with van der Waals surface area (Å²) in [5, 5.41) is 15.9. The van der Waals surface area contributed by atoms with Crippen molar-refractivity contribution in [3.63, 3.8) is 0 Å². The van der Waals surface area contributed by atoms with E-state index >= 15 is 0 Å². The van der Waals surface area contributed by atoms with E-state index < -0.39 is 0 Å². The van der Waals surface area contributed by atoms with Crippen LogP contribution in [0.2, 0.25) is 0 Å². The third-order valence-corrected chi connectivity index (χ3v) is 4.97. The van der Waals surface area contributed by atoms with Crippen molar-refractivity contribution in [3.8, 4) is 5.75 Å². The minimum absolute atomic E-state index is 0.224. The summed E-state index contributed by atoms with van der Waals surface area (Å²) < 4.78 is 0. The number of carbonyl (C=O) groups is 1. The summed E-state index contributed by atoms with van der Waals surface area (Å²) in [4.78, 5) is 27.1. The maximum Gasteiger partial charge on any atom is 0.257 e. The highest BCUT2D eigenvalue weighted by molar-refractivity contribution is 7.13. The quantitative estimate of drug-likeness (QED) is 0.393. The van der Waals surface area contributed by atoms with Crippen LogP contribution in [0.5, 0.6) is 5.75 Å². The number of carbonyl (C=O) groups excluding carboxylic acids is 1. The molecule has 0 spiro atoms. The molecule has 1 amide bonds. The van der Waals surface area contributed by atoms with Gasteiger partial charge in [0.05, 0.1) is 12.3 Å². The van der Waals surface area contributed by atoms with Crippen molar-refractivity contribution in [1.29, 1.82) is 0 Å². The fourth-order valence-corrected chi connectivity index (χ4v) is 3.38. The first-order valence-corrected chi connectivity index (χ1v) is 10.2. The number of aromatic nitrogens is 1. The highest BCUT2D eigenvalue weighted by atomic mass is 32.1. The van der Waals surface area contributed by atoms with Gasteiger partial charge in [0.15, 0.2) is 5.13 Å². The minimum Gasteiger partial charge on any atom is -0.507 e. The van der Waals surface area contributed by atoms with Crippen LogP contribution in [0.1, 0.15) is 75.6 Å². The Kier molecular flexibility index (Phi) is 6.85. The van der Waals surface area contributed by atoms with Crippen molar-refractivity contribution < 1.29 is 19.7 Å². The Morgan fingerprint density at radius 2 is 1.68 bits per heavy atom. The molecule has 7 heteroatoms. The van der Waals surface area contributed by atoms with Gasteiger partial charge in [0.1, 0.15) is 12.4 Å². The fraction of sp³-hybridized carbons (Fsp3) is 0.524. The Balaban J connectivity index is 2.30. The number of hydrogen-bond acceptors (Lipinski definition) is 6. The summed E-state index contributed by atoms with van der Waals surface area (Å²) in [5.74, 6) is -0.0104. The van der Waals surface area contributed by atoms with Gasteiger partial charge < -0.3 is 5.11 Å². The number of aromatic hydroxyl groups is 1. The van der Waals surface area contributed by atoms with Crippen LogP contribution in [-0.2, 0) is 27.2 Å². The zero-order chi connectivity index (χ0) is 21.1. The van der Waals surface area contributed by atoms with Gasteiger partial charge in [-0.2, -0.15) is 0 Å². The van der Waals surface area contributed by atoms with Crippen molar-refractivity contribution in [2.45, 2.75) is 65.9 Å². The fourth-order valence-electron chi connectivity index (χ4n) is 2.69. The molecule has 2 rings (SSSR count). The summed E-state index contributed by atoms with van der Waals surface area (Å²) in [6.45, 7) is 14.6. The lowest BCUT2D eigenvalue weighted by molar-refractivity contribution is -0.301. The van der Waals surface area contributed by atoms with Crippen LogP contribution >= 0.6 is 11.3 Å². The standard InChI is InChI=1S/C21H30N2O4S/c1-8-26-27-11-14-12-28-19(22-14)23-18(25)13-9-15(20(2,3)4)17(24)16(10-13)21(5,6)7/h9-10,12,24H,8,11H2,1-7H3,(H,22,23,25). The molecule has 0 atom stereocenters. The van der Waals surface area contributed by atoms with Crippen molar-refractivity contribution in [1.82, 2.24) is 4.98 Å². The number of nitrogens with one attached hydrogen (secondary N) is 1. The van der Waals surface area contributed by atoms with Crippen molar-refractivity contribution in [2.24, 2.45) is 0 Å². The molecule has 0 aliphatic carbocycles. The van der Waals surface area contributed by atoms with E-state index in [1.54, 1.807) is 12.1 Å². The van der Waals surface area contributed by atoms with E-state index in [0.717, 1.165) is 11.1 Å². The van der Waals surface area contributed by atoms with E-state index in [9.17, 15) is 9.90 Å². The Bertz CT molecular complexity index is 797. The van der Waals surface area contributed by atoms with Crippen LogP contribution in [0.3, 0.4) is 0 Å². The third-order valence-electron chi connectivity index (χ3n) is 4.17. The Morgan fingerprint density at radius 3 is 2.18 bits per heavy atom. The van der Waals surface area contributed by atoms with Gasteiger partial charge in [0.25, 0.3) is 5.91 Å². The molecule has 0 saturated heterocycles. The number of thiazole rings is 1. The Morgan fingerprint density at radius 1 is 1.11 bits per heavy atom. The number of nitrogens with zero attached hydrogens (tertiary/aromatic N) is 1. The molecular formula is C21H30N2O4S. The van der Waals surface area contributed by atoms with Gasteiger partial charge in [-0.25, -0.2) is 14.8 Å². The van der Waals surface area contributed by atoms with Gasteiger partial charge in [0, 0.05) is 22.1 Å². The molecule has 2 aromatic rings. The molecule has 0 saturated carbocycles. The molecule has 0 bridgehead atoms. The van der Waals surface area contributed by atoms with Crippen LogP contribution < -0.4 is 5.32 Å². The molecule has 1 aromatic carbocycles. The van der Waals surface area contributed by atoms with Gasteiger partial charge >= 0.3 is 0 Å². The van der Waals surface area contributed by atoms with Crippen molar-refractivity contribution in [2.75, 3.05) is 11.9 Å². The summed E-state index contributed by atoms with van der Waals surface area (Å²) in [6.07, 6.45) is 0. The average Bonchev–Trinajstić information content (AvgIpc) is 3.00. The van der Waals surface area contributed by atoms with E-state index in [1.165, 1.54) is 11.3 Å². The predicted molar refractivity (Wildman–Crippen MR) is 112 cm³/mol. The summed E-state index contributed by atoms with van der Waals surface area (Å²) in [7, 11) is 0. The summed E-state index contributed by atoms with van der Waals surface area (Å²) in [6, 6.07) is 3.51. The molecular weight excluding hydrogens is 376 g/mol. The second kappa shape index (κ2) is 8.59. The van der Waals surface area contributed by atoms with Crippen LogP contribution in [0.25, 0.3) is 0 Å². The number of benzene rings is 1. The maximum atomic E-state index is 12.9. The molecule has 0 aliphatic heterocycles. The molecule has 0 aliphatic rings. The lowest BCUT2D eigenvalue weighted by atomic mass is 9.78. The minimum atomic E-state index is -0.300. The smallest absolute Gasteiger partial charge is 0.257 e. The second-order valence-corrected chi connectivity index (χ2v) is 9.54. The van der Waals surface area contributed by atoms with E-state index in [1.807, 2.05) is 53.8 Å².